The molecule has 0 bridgehead atoms. The van der Waals surface area contributed by atoms with Gasteiger partial charge in [0, 0.05) is 27.7 Å². The number of fused-ring (bicyclic) bond motifs is 1. The molecule has 0 amide bonds. The Kier molecular flexibility index (Phi) is 3.97. The summed E-state index contributed by atoms with van der Waals surface area (Å²) in [4.78, 5) is 4.15. The standard InChI is InChI=1S/C17H17NOS/c19-20(15-8-2-1-3-9-15)13-5-7-14-6-4-10-17-16(14)11-12-18-17/h1-4,6,8-12,18H,5,7,13H2. The fourth-order valence-electron chi connectivity index (χ4n) is 2.45. The molecule has 1 aromatic heterocycles. The van der Waals surface area contributed by atoms with Crippen molar-refractivity contribution in [1.82, 2.24) is 4.98 Å². The second-order valence-corrected chi connectivity index (χ2v) is 6.39. The predicted molar refractivity (Wildman–Crippen MR) is 84.3 cm³/mol. The third-order valence-corrected chi connectivity index (χ3v) is 4.92. The first-order chi connectivity index (χ1) is 9.84. The Bertz CT molecular complexity index is 718. The van der Waals surface area contributed by atoms with Gasteiger partial charge in [0.15, 0.2) is 0 Å². The number of aromatic nitrogens is 1. The molecule has 1 atom stereocenters. The Morgan fingerprint density at radius 3 is 2.65 bits per heavy atom. The number of H-pyrrole nitrogens is 1. The van der Waals surface area contributed by atoms with E-state index in [2.05, 4.69) is 29.2 Å². The molecular weight excluding hydrogens is 266 g/mol. The van der Waals surface area contributed by atoms with Crippen molar-refractivity contribution in [2.45, 2.75) is 17.7 Å². The number of rotatable bonds is 5. The lowest BCUT2D eigenvalue weighted by Crippen LogP contribution is -2.00. The van der Waals surface area contributed by atoms with Crippen LogP contribution in [0.4, 0.5) is 0 Å². The second-order valence-electron chi connectivity index (χ2n) is 4.82. The molecular formula is C17H17NOS. The number of benzene rings is 2. The highest BCUT2D eigenvalue weighted by atomic mass is 32.2. The van der Waals surface area contributed by atoms with Crippen LogP contribution in [-0.2, 0) is 17.2 Å². The molecule has 0 saturated heterocycles. The first-order valence-electron chi connectivity index (χ1n) is 6.83. The Morgan fingerprint density at radius 1 is 0.950 bits per heavy atom. The molecule has 20 heavy (non-hydrogen) atoms. The van der Waals surface area contributed by atoms with E-state index in [-0.39, 0.29) is 0 Å². The largest absolute Gasteiger partial charge is 0.361 e. The molecule has 1 heterocycles. The van der Waals surface area contributed by atoms with Gasteiger partial charge in [0.05, 0.1) is 10.8 Å². The van der Waals surface area contributed by atoms with Crippen molar-refractivity contribution in [3.8, 4) is 0 Å². The van der Waals surface area contributed by atoms with E-state index in [1.807, 2.05) is 36.5 Å². The van der Waals surface area contributed by atoms with Gasteiger partial charge >= 0.3 is 0 Å². The van der Waals surface area contributed by atoms with Crippen molar-refractivity contribution in [3.63, 3.8) is 0 Å². The normalized spacial score (nSPS) is 12.6. The fraction of sp³-hybridized carbons (Fsp3) is 0.176. The molecule has 2 nitrogen and oxygen atoms in total. The van der Waals surface area contributed by atoms with Crippen LogP contribution in [-0.4, -0.2) is 14.9 Å². The van der Waals surface area contributed by atoms with Crippen LogP contribution in [0.2, 0.25) is 0 Å². The van der Waals surface area contributed by atoms with Gasteiger partial charge < -0.3 is 4.98 Å². The predicted octanol–water partition coefficient (Wildman–Crippen LogP) is 3.91. The summed E-state index contributed by atoms with van der Waals surface area (Å²) in [6.45, 7) is 0. The highest BCUT2D eigenvalue weighted by molar-refractivity contribution is 7.85. The SMILES string of the molecule is O=S(CCCc1cccc2[nH]ccc12)c1ccccc1. The summed E-state index contributed by atoms with van der Waals surface area (Å²) in [5.74, 6) is 0.713. The summed E-state index contributed by atoms with van der Waals surface area (Å²) in [5.41, 5.74) is 2.50. The molecule has 0 radical (unpaired) electrons. The Labute approximate surface area is 121 Å². The Balaban J connectivity index is 1.63. The van der Waals surface area contributed by atoms with Crippen LogP contribution in [0, 0.1) is 0 Å². The van der Waals surface area contributed by atoms with E-state index in [1.54, 1.807) is 0 Å². The smallest absolute Gasteiger partial charge is 0.0529 e. The van der Waals surface area contributed by atoms with Crippen molar-refractivity contribution in [3.05, 3.63) is 66.4 Å². The molecule has 3 rings (SSSR count). The average Bonchev–Trinajstić information content (AvgIpc) is 2.97. The molecule has 1 N–H and O–H groups in total. The van der Waals surface area contributed by atoms with E-state index >= 15 is 0 Å². The third kappa shape index (κ3) is 2.83. The van der Waals surface area contributed by atoms with E-state index in [1.165, 1.54) is 16.5 Å². The molecule has 3 heteroatoms. The van der Waals surface area contributed by atoms with Crippen molar-refractivity contribution in [1.29, 1.82) is 0 Å². The molecule has 0 saturated carbocycles. The molecule has 0 aliphatic heterocycles. The zero-order valence-corrected chi connectivity index (χ0v) is 12.0. The molecule has 3 aromatic rings. The number of nitrogens with one attached hydrogen (secondary N) is 1. The van der Waals surface area contributed by atoms with Crippen molar-refractivity contribution < 1.29 is 4.21 Å². The van der Waals surface area contributed by atoms with E-state index < -0.39 is 10.8 Å². The zero-order chi connectivity index (χ0) is 13.8. The van der Waals surface area contributed by atoms with Gasteiger partial charge in [-0.1, -0.05) is 30.3 Å². The lowest BCUT2D eigenvalue weighted by molar-refractivity contribution is 0.680. The topological polar surface area (TPSA) is 32.9 Å². The maximum Gasteiger partial charge on any atom is 0.0529 e. The lowest BCUT2D eigenvalue weighted by Gasteiger charge is -2.04. The molecule has 1 unspecified atom stereocenters. The minimum absolute atomic E-state index is 0.713. The molecule has 102 valence electrons. The third-order valence-electron chi connectivity index (χ3n) is 3.47. The van der Waals surface area contributed by atoms with Gasteiger partial charge in [0.25, 0.3) is 0 Å². The van der Waals surface area contributed by atoms with Crippen LogP contribution in [0.5, 0.6) is 0 Å². The Morgan fingerprint density at radius 2 is 1.80 bits per heavy atom. The number of aryl methyl sites for hydroxylation is 1. The van der Waals surface area contributed by atoms with Gasteiger partial charge in [-0.2, -0.15) is 0 Å². The van der Waals surface area contributed by atoms with Crippen molar-refractivity contribution in [2.24, 2.45) is 0 Å². The van der Waals surface area contributed by atoms with Gasteiger partial charge in [0.2, 0.25) is 0 Å². The van der Waals surface area contributed by atoms with Crippen LogP contribution >= 0.6 is 0 Å². The first kappa shape index (κ1) is 13.1. The lowest BCUT2D eigenvalue weighted by atomic mass is 10.1. The maximum atomic E-state index is 12.2. The second kappa shape index (κ2) is 6.06. The van der Waals surface area contributed by atoms with E-state index in [0.29, 0.717) is 5.75 Å². The summed E-state index contributed by atoms with van der Waals surface area (Å²) < 4.78 is 12.2. The quantitative estimate of drug-likeness (QED) is 0.756. The van der Waals surface area contributed by atoms with Crippen molar-refractivity contribution >= 4 is 21.7 Å². The summed E-state index contributed by atoms with van der Waals surface area (Å²) in [5, 5.41) is 1.28. The van der Waals surface area contributed by atoms with Gasteiger partial charge in [-0.3, -0.25) is 4.21 Å². The number of hydrogen-bond acceptors (Lipinski definition) is 1. The summed E-state index contributed by atoms with van der Waals surface area (Å²) in [6, 6.07) is 18.1. The van der Waals surface area contributed by atoms with Gasteiger partial charge in [0.1, 0.15) is 0 Å². The fourth-order valence-corrected chi connectivity index (χ4v) is 3.56. The number of hydrogen-bond donors (Lipinski definition) is 1. The summed E-state index contributed by atoms with van der Waals surface area (Å²) in [7, 11) is -0.889. The molecule has 0 spiro atoms. The average molecular weight is 283 g/mol. The van der Waals surface area contributed by atoms with Crippen LogP contribution in [0.3, 0.4) is 0 Å². The summed E-state index contributed by atoms with van der Waals surface area (Å²) in [6.07, 6.45) is 3.87. The summed E-state index contributed by atoms with van der Waals surface area (Å²) >= 11 is 0. The Hall–Kier alpha value is -1.87. The molecule has 2 aromatic carbocycles. The van der Waals surface area contributed by atoms with E-state index in [4.69, 9.17) is 0 Å². The first-order valence-corrected chi connectivity index (χ1v) is 8.15. The van der Waals surface area contributed by atoms with E-state index in [9.17, 15) is 4.21 Å². The van der Waals surface area contributed by atoms with Crippen LogP contribution in [0.15, 0.2) is 65.7 Å². The minimum atomic E-state index is -0.889. The minimum Gasteiger partial charge on any atom is -0.361 e. The highest BCUT2D eigenvalue weighted by Gasteiger charge is 2.05. The van der Waals surface area contributed by atoms with Gasteiger partial charge in [-0.05, 0) is 42.7 Å². The van der Waals surface area contributed by atoms with Crippen LogP contribution in [0.25, 0.3) is 10.9 Å². The molecule has 0 aliphatic rings. The van der Waals surface area contributed by atoms with Crippen molar-refractivity contribution in [2.75, 3.05) is 5.75 Å². The number of aromatic amines is 1. The highest BCUT2D eigenvalue weighted by Crippen LogP contribution is 2.19. The maximum absolute atomic E-state index is 12.2. The van der Waals surface area contributed by atoms with Gasteiger partial charge in [-0.25, -0.2) is 0 Å². The molecule has 0 fully saturated rings. The zero-order valence-electron chi connectivity index (χ0n) is 11.2. The van der Waals surface area contributed by atoms with Gasteiger partial charge in [-0.15, -0.1) is 0 Å². The van der Waals surface area contributed by atoms with E-state index in [0.717, 1.165) is 17.7 Å². The monoisotopic (exact) mass is 283 g/mol. The van der Waals surface area contributed by atoms with Crippen LogP contribution in [0.1, 0.15) is 12.0 Å². The molecule has 0 aliphatic carbocycles. The van der Waals surface area contributed by atoms with Crippen LogP contribution < -0.4 is 0 Å².